The summed E-state index contributed by atoms with van der Waals surface area (Å²) in [6, 6.07) is 4.67. The number of carbonyl (C=O) groups excluding carboxylic acids is 3. The van der Waals surface area contributed by atoms with Crippen molar-refractivity contribution in [2.75, 3.05) is 18.4 Å². The lowest BCUT2D eigenvalue weighted by molar-refractivity contribution is -0.134. The number of nitrogens with two attached hydrogens (primary N) is 1. The molecule has 3 rings (SSSR count). The second kappa shape index (κ2) is 8.31. The van der Waals surface area contributed by atoms with Crippen LogP contribution in [-0.4, -0.2) is 47.7 Å². The molecule has 28 heavy (non-hydrogen) atoms. The predicted octanol–water partition coefficient (Wildman–Crippen LogP) is 2.20. The molecule has 0 aromatic heterocycles. The molecule has 1 saturated heterocycles. The van der Waals surface area contributed by atoms with Crippen molar-refractivity contribution in [1.29, 1.82) is 0 Å². The molecule has 0 spiro atoms. The smallest absolute Gasteiger partial charge is 0.265 e. The van der Waals surface area contributed by atoms with Crippen LogP contribution in [0.3, 0.4) is 0 Å². The topological polar surface area (TPSA) is 102 Å². The summed E-state index contributed by atoms with van der Waals surface area (Å²) in [5.74, 6) is 0.596. The zero-order valence-corrected chi connectivity index (χ0v) is 16.7. The van der Waals surface area contributed by atoms with Gasteiger partial charge in [-0.2, -0.15) is 0 Å². The van der Waals surface area contributed by atoms with Crippen LogP contribution >= 0.6 is 0 Å². The van der Waals surface area contributed by atoms with Crippen molar-refractivity contribution in [3.63, 3.8) is 0 Å². The number of ketones is 1. The van der Waals surface area contributed by atoms with Crippen LogP contribution in [0.4, 0.5) is 5.69 Å². The Labute approximate surface area is 165 Å². The molecule has 152 valence electrons. The molecule has 2 heterocycles. The van der Waals surface area contributed by atoms with Crippen LogP contribution in [0.15, 0.2) is 18.2 Å². The van der Waals surface area contributed by atoms with Crippen molar-refractivity contribution < 1.29 is 19.1 Å². The molecule has 2 amide bonds. The zero-order valence-electron chi connectivity index (χ0n) is 16.7. The summed E-state index contributed by atoms with van der Waals surface area (Å²) >= 11 is 0. The molecular formula is C21H29N3O4. The first kappa shape index (κ1) is 20.3. The summed E-state index contributed by atoms with van der Waals surface area (Å²) in [4.78, 5) is 38.9. The van der Waals surface area contributed by atoms with Crippen LogP contribution in [0, 0.1) is 11.8 Å². The fourth-order valence-corrected chi connectivity index (χ4v) is 3.80. The Morgan fingerprint density at radius 1 is 1.29 bits per heavy atom. The second-order valence-electron chi connectivity index (χ2n) is 8.16. The Morgan fingerprint density at radius 2 is 1.96 bits per heavy atom. The molecule has 0 bridgehead atoms. The fraction of sp³-hybridized carbons (Fsp3) is 0.571. The van der Waals surface area contributed by atoms with Crippen LogP contribution in [0.1, 0.15) is 50.4 Å². The molecule has 0 aliphatic carbocycles. The van der Waals surface area contributed by atoms with E-state index in [1.165, 1.54) is 0 Å². The van der Waals surface area contributed by atoms with E-state index >= 15 is 0 Å². The molecule has 0 saturated carbocycles. The van der Waals surface area contributed by atoms with E-state index < -0.39 is 12.1 Å². The summed E-state index contributed by atoms with van der Waals surface area (Å²) in [5.41, 5.74) is 7.10. The van der Waals surface area contributed by atoms with Crippen LogP contribution in [0.2, 0.25) is 0 Å². The van der Waals surface area contributed by atoms with Gasteiger partial charge in [0.05, 0.1) is 11.7 Å². The van der Waals surface area contributed by atoms with Gasteiger partial charge in [0.1, 0.15) is 5.75 Å². The highest BCUT2D eigenvalue weighted by Crippen LogP contribution is 2.32. The number of ether oxygens (including phenoxy) is 1. The number of hydrogen-bond acceptors (Lipinski definition) is 5. The van der Waals surface area contributed by atoms with Crippen LogP contribution in [0.5, 0.6) is 5.75 Å². The maximum atomic E-state index is 12.9. The Bertz CT molecular complexity index is 769. The van der Waals surface area contributed by atoms with Gasteiger partial charge in [-0.1, -0.05) is 13.8 Å². The minimum Gasteiger partial charge on any atom is -0.479 e. The van der Waals surface area contributed by atoms with Crippen LogP contribution in [-0.2, 0) is 9.59 Å². The van der Waals surface area contributed by atoms with Crippen molar-refractivity contribution in [2.24, 2.45) is 17.6 Å². The van der Waals surface area contributed by atoms with E-state index in [-0.39, 0.29) is 23.5 Å². The first-order valence-corrected chi connectivity index (χ1v) is 9.96. The molecule has 1 aromatic carbocycles. The average Bonchev–Trinajstić information content (AvgIpc) is 2.67. The number of nitrogens with one attached hydrogen (secondary N) is 1. The number of likely N-dealkylation sites (tertiary alicyclic amines) is 1. The maximum absolute atomic E-state index is 12.9. The van der Waals surface area contributed by atoms with Gasteiger partial charge in [0, 0.05) is 24.6 Å². The second-order valence-corrected chi connectivity index (χ2v) is 8.16. The third kappa shape index (κ3) is 4.35. The van der Waals surface area contributed by atoms with Gasteiger partial charge in [-0.15, -0.1) is 0 Å². The lowest BCUT2D eigenvalue weighted by atomic mass is 9.88. The largest absolute Gasteiger partial charge is 0.479 e. The standard InChI is InChI=1S/C21H29N3O4/c1-12(2)10-16(22)21(27)24-8-6-14(7-9-24)19(25)15-4-5-18-17(11-15)23-20(26)13(3)28-18/h4-5,11-14,16H,6-10,22H2,1-3H3,(H,23,26)/t13?,16-/m0/s1. The molecule has 1 fully saturated rings. The van der Waals surface area contributed by atoms with Gasteiger partial charge in [0.15, 0.2) is 11.9 Å². The van der Waals surface area contributed by atoms with E-state index in [4.69, 9.17) is 10.5 Å². The van der Waals surface area contributed by atoms with Crippen molar-refractivity contribution in [1.82, 2.24) is 4.90 Å². The molecule has 2 atom stereocenters. The molecule has 2 aliphatic rings. The predicted molar refractivity (Wildman–Crippen MR) is 106 cm³/mol. The summed E-state index contributed by atoms with van der Waals surface area (Å²) < 4.78 is 5.54. The summed E-state index contributed by atoms with van der Waals surface area (Å²) in [6.07, 6.45) is 1.36. The van der Waals surface area contributed by atoms with Crippen molar-refractivity contribution >= 4 is 23.3 Å². The highest BCUT2D eigenvalue weighted by atomic mass is 16.5. The number of rotatable bonds is 5. The summed E-state index contributed by atoms with van der Waals surface area (Å²) in [6.45, 7) is 6.86. The van der Waals surface area contributed by atoms with Gasteiger partial charge >= 0.3 is 0 Å². The van der Waals surface area contributed by atoms with Gasteiger partial charge in [-0.25, -0.2) is 0 Å². The van der Waals surface area contributed by atoms with Gasteiger partial charge < -0.3 is 20.7 Å². The number of carbonyl (C=O) groups is 3. The monoisotopic (exact) mass is 387 g/mol. The van der Waals surface area contributed by atoms with E-state index in [2.05, 4.69) is 5.32 Å². The van der Waals surface area contributed by atoms with Crippen molar-refractivity contribution in [3.8, 4) is 5.75 Å². The van der Waals surface area contributed by atoms with Gasteiger partial charge in [0.2, 0.25) is 5.91 Å². The number of fused-ring (bicyclic) bond motifs is 1. The first-order chi connectivity index (χ1) is 13.3. The average molecular weight is 387 g/mol. The quantitative estimate of drug-likeness (QED) is 0.754. The van der Waals surface area contributed by atoms with Crippen molar-refractivity contribution in [3.05, 3.63) is 23.8 Å². The van der Waals surface area contributed by atoms with E-state index in [0.717, 1.165) is 0 Å². The Balaban J connectivity index is 1.61. The zero-order chi connectivity index (χ0) is 20.4. The van der Waals surface area contributed by atoms with E-state index in [1.807, 2.05) is 13.8 Å². The summed E-state index contributed by atoms with van der Waals surface area (Å²) in [5, 5.41) is 2.77. The molecule has 1 unspecified atom stereocenters. The summed E-state index contributed by atoms with van der Waals surface area (Å²) in [7, 11) is 0. The molecule has 2 aliphatic heterocycles. The maximum Gasteiger partial charge on any atom is 0.265 e. The van der Waals surface area contributed by atoms with E-state index in [1.54, 1.807) is 30.0 Å². The SMILES string of the molecule is CC(C)C[C@H](N)C(=O)N1CCC(C(=O)c2ccc3c(c2)NC(=O)C(C)O3)CC1. The molecular weight excluding hydrogens is 358 g/mol. The normalized spacial score (nSPS) is 21.0. The fourth-order valence-electron chi connectivity index (χ4n) is 3.80. The Kier molecular flexibility index (Phi) is 6.03. The lowest BCUT2D eigenvalue weighted by Gasteiger charge is -2.33. The lowest BCUT2D eigenvalue weighted by Crippen LogP contribution is -2.48. The number of nitrogens with zero attached hydrogens (tertiary/aromatic N) is 1. The molecule has 7 nitrogen and oxygen atoms in total. The first-order valence-electron chi connectivity index (χ1n) is 9.96. The van der Waals surface area contributed by atoms with E-state index in [0.29, 0.717) is 55.3 Å². The highest BCUT2D eigenvalue weighted by Gasteiger charge is 2.31. The number of amides is 2. The molecule has 3 N–H and O–H groups in total. The minimum absolute atomic E-state index is 0.0256. The van der Waals surface area contributed by atoms with Crippen molar-refractivity contribution in [2.45, 2.75) is 52.2 Å². The number of anilines is 1. The molecule has 1 aromatic rings. The molecule has 7 heteroatoms. The third-order valence-electron chi connectivity index (χ3n) is 5.41. The minimum atomic E-state index is -0.544. The van der Waals surface area contributed by atoms with Gasteiger partial charge in [-0.05, 0) is 50.3 Å². The Hall–Kier alpha value is -2.41. The van der Waals surface area contributed by atoms with E-state index in [9.17, 15) is 14.4 Å². The molecule has 0 radical (unpaired) electrons. The Morgan fingerprint density at radius 3 is 2.61 bits per heavy atom. The highest BCUT2D eigenvalue weighted by molar-refractivity contribution is 6.02. The van der Waals surface area contributed by atoms with Crippen LogP contribution < -0.4 is 15.8 Å². The number of hydrogen-bond donors (Lipinski definition) is 2. The number of benzene rings is 1. The van der Waals surface area contributed by atoms with Crippen LogP contribution in [0.25, 0.3) is 0 Å². The van der Waals surface area contributed by atoms with Gasteiger partial charge in [0.25, 0.3) is 5.91 Å². The number of Topliss-reactive ketones (excluding diaryl/α,β-unsaturated/α-hetero) is 1. The third-order valence-corrected chi connectivity index (χ3v) is 5.41. The number of piperidine rings is 1. The van der Waals surface area contributed by atoms with Gasteiger partial charge in [-0.3, -0.25) is 14.4 Å².